The van der Waals surface area contributed by atoms with E-state index in [1.165, 1.54) is 59.7 Å². The lowest BCUT2D eigenvalue weighted by molar-refractivity contribution is 0.101. The average molecular weight is 865 g/mol. The Morgan fingerprint density at radius 3 is 1.41 bits per heavy atom. The standard InChI is InChI=1S/C26H23FN2O2.C17H13FN2O2.C9H11Cl/c27-22-12-15-25(29-16-4-5-17-29)24(19-22)28-26(30)21-10-13-23(14-11-21)31-18-6-9-20-7-2-1-3-8-20;18-13-5-8-16(20-9-1-2-10-20)15(11-13)19-17(22)12-3-6-14(21)7-4-12;10-8-4-7-9-5-2-1-3-6-9/h1-5,7-8,10-17,19H,6,9,18H2,(H,28,30);1-11,21H,(H,19,22);1-3,5-6H,4,7-8H2. The van der Waals surface area contributed by atoms with Crippen LogP contribution >= 0.6 is 11.6 Å². The van der Waals surface area contributed by atoms with Crippen molar-refractivity contribution < 1.29 is 28.2 Å². The van der Waals surface area contributed by atoms with Gasteiger partial charge < -0.3 is 29.6 Å². The van der Waals surface area contributed by atoms with Crippen LogP contribution in [0.15, 0.2) is 195 Å². The highest BCUT2D eigenvalue weighted by atomic mass is 35.5. The monoisotopic (exact) mass is 864 g/mol. The number of anilines is 2. The number of hydrogen-bond donors (Lipinski definition) is 3. The van der Waals surface area contributed by atoms with Crippen LogP contribution in [0.4, 0.5) is 20.2 Å². The molecular weight excluding hydrogens is 818 g/mol. The van der Waals surface area contributed by atoms with Gasteiger partial charge in [0.25, 0.3) is 11.8 Å². The van der Waals surface area contributed by atoms with Gasteiger partial charge in [0.2, 0.25) is 0 Å². The Morgan fingerprint density at radius 2 is 0.968 bits per heavy atom. The van der Waals surface area contributed by atoms with Crippen LogP contribution in [0.1, 0.15) is 44.7 Å². The van der Waals surface area contributed by atoms with E-state index in [2.05, 4.69) is 47.0 Å². The molecule has 0 unspecified atom stereocenters. The van der Waals surface area contributed by atoms with E-state index in [0.29, 0.717) is 46.2 Å². The van der Waals surface area contributed by atoms with Crippen LogP contribution < -0.4 is 15.4 Å². The zero-order valence-electron chi connectivity index (χ0n) is 34.4. The number of ether oxygens (including phenoxy) is 1. The Bertz CT molecular complexity index is 2610. The van der Waals surface area contributed by atoms with Crippen LogP contribution in [0.5, 0.6) is 11.5 Å². The molecule has 6 aromatic carbocycles. The van der Waals surface area contributed by atoms with E-state index >= 15 is 0 Å². The summed E-state index contributed by atoms with van der Waals surface area (Å²) in [5.41, 5.74) is 5.64. The molecule has 0 saturated carbocycles. The van der Waals surface area contributed by atoms with Crippen molar-refractivity contribution in [3.05, 3.63) is 229 Å². The molecule has 0 aliphatic heterocycles. The van der Waals surface area contributed by atoms with Gasteiger partial charge in [0, 0.05) is 41.8 Å². The highest BCUT2D eigenvalue weighted by Crippen LogP contribution is 2.25. The summed E-state index contributed by atoms with van der Waals surface area (Å²) in [6.07, 6.45) is 11.3. The molecule has 0 bridgehead atoms. The number of benzene rings is 6. The fourth-order valence-corrected chi connectivity index (χ4v) is 6.52. The zero-order chi connectivity index (χ0) is 44.2. The lowest BCUT2D eigenvalue weighted by Crippen LogP contribution is -2.14. The Morgan fingerprint density at radius 1 is 0.540 bits per heavy atom. The second-order valence-electron chi connectivity index (χ2n) is 14.2. The molecule has 8 aromatic rings. The van der Waals surface area contributed by atoms with Gasteiger partial charge in [0.1, 0.15) is 23.1 Å². The Kier molecular flexibility index (Phi) is 16.9. The van der Waals surface area contributed by atoms with Gasteiger partial charge in [-0.15, -0.1) is 11.6 Å². The van der Waals surface area contributed by atoms with Crippen molar-refractivity contribution in [2.75, 3.05) is 23.1 Å². The van der Waals surface area contributed by atoms with Crippen LogP contribution in [-0.4, -0.2) is 38.5 Å². The molecule has 0 radical (unpaired) electrons. The number of aromatic hydroxyl groups is 1. The van der Waals surface area contributed by atoms with Gasteiger partial charge in [-0.3, -0.25) is 9.59 Å². The smallest absolute Gasteiger partial charge is 0.255 e. The summed E-state index contributed by atoms with van der Waals surface area (Å²) >= 11 is 5.55. The molecule has 0 saturated heterocycles. The van der Waals surface area contributed by atoms with Gasteiger partial charge in [-0.25, -0.2) is 8.78 Å². The fraction of sp³-hybridized carbons (Fsp3) is 0.115. The SMILES string of the molecule is ClCCCc1ccccc1.O=C(Nc1cc(F)ccc1-n1cccc1)c1ccc(O)cc1.O=C(Nc1cc(F)ccc1-n1cccc1)c1ccc(OCCCc2ccccc2)cc1. The summed E-state index contributed by atoms with van der Waals surface area (Å²) in [5, 5.41) is 14.7. The van der Waals surface area contributed by atoms with Crippen LogP contribution in [0.2, 0.25) is 0 Å². The largest absolute Gasteiger partial charge is 0.508 e. The first-order valence-electron chi connectivity index (χ1n) is 20.4. The van der Waals surface area contributed by atoms with E-state index < -0.39 is 11.6 Å². The molecule has 8 nitrogen and oxygen atoms in total. The Hall–Kier alpha value is -7.43. The quantitative estimate of drug-likeness (QED) is 0.0749. The predicted octanol–water partition coefficient (Wildman–Crippen LogP) is 12.3. The molecule has 0 aliphatic rings. The number of phenols is 1. The van der Waals surface area contributed by atoms with Crippen molar-refractivity contribution in [3.8, 4) is 22.9 Å². The number of nitrogens with one attached hydrogen (secondary N) is 2. The van der Waals surface area contributed by atoms with Crippen LogP contribution in [-0.2, 0) is 12.8 Å². The molecule has 2 heterocycles. The van der Waals surface area contributed by atoms with Crippen molar-refractivity contribution in [3.63, 3.8) is 0 Å². The lowest BCUT2D eigenvalue weighted by Gasteiger charge is -2.13. The number of halogens is 3. The van der Waals surface area contributed by atoms with Gasteiger partial charge in [-0.2, -0.15) is 0 Å². The zero-order valence-corrected chi connectivity index (χ0v) is 35.2. The maximum absolute atomic E-state index is 13.8. The van der Waals surface area contributed by atoms with Crippen molar-refractivity contribution in [1.29, 1.82) is 0 Å². The third kappa shape index (κ3) is 14.1. The molecule has 3 N–H and O–H groups in total. The molecule has 8 rings (SSSR count). The summed E-state index contributed by atoms with van der Waals surface area (Å²) in [4.78, 5) is 24.9. The van der Waals surface area contributed by atoms with Gasteiger partial charge in [-0.05, 0) is 146 Å². The van der Waals surface area contributed by atoms with Crippen molar-refractivity contribution in [2.45, 2.75) is 25.7 Å². The van der Waals surface area contributed by atoms with Crippen molar-refractivity contribution in [1.82, 2.24) is 9.13 Å². The van der Waals surface area contributed by atoms with E-state index in [1.54, 1.807) is 41.0 Å². The maximum atomic E-state index is 13.8. The Labute approximate surface area is 371 Å². The number of carbonyl (C=O) groups excluding carboxylic acids is 2. The molecule has 2 amide bonds. The summed E-state index contributed by atoms with van der Waals surface area (Å²) < 4.78 is 36.7. The van der Waals surface area contributed by atoms with E-state index in [1.807, 2.05) is 77.9 Å². The maximum Gasteiger partial charge on any atom is 0.255 e. The number of aryl methyl sites for hydroxylation is 2. The molecule has 0 atom stereocenters. The minimum atomic E-state index is -0.433. The second kappa shape index (κ2) is 23.5. The van der Waals surface area contributed by atoms with Gasteiger partial charge in [0.05, 0.1) is 29.4 Å². The third-order valence-corrected chi connectivity index (χ3v) is 9.86. The van der Waals surface area contributed by atoms with E-state index in [4.69, 9.17) is 16.3 Å². The number of hydrogen-bond acceptors (Lipinski definition) is 4. The molecule has 11 heteroatoms. The average Bonchev–Trinajstić information content (AvgIpc) is 4.05. The van der Waals surface area contributed by atoms with Crippen LogP contribution in [0.3, 0.4) is 0 Å². The van der Waals surface area contributed by atoms with Gasteiger partial charge in [0.15, 0.2) is 0 Å². The number of carbonyl (C=O) groups is 2. The van der Waals surface area contributed by atoms with Crippen molar-refractivity contribution in [2.24, 2.45) is 0 Å². The molecule has 0 spiro atoms. The topological polar surface area (TPSA) is 97.5 Å². The molecule has 63 heavy (non-hydrogen) atoms. The summed E-state index contributed by atoms with van der Waals surface area (Å²) in [7, 11) is 0. The number of amides is 2. The summed E-state index contributed by atoms with van der Waals surface area (Å²) in [6.45, 7) is 0.601. The highest BCUT2D eigenvalue weighted by molar-refractivity contribution is 6.17. The summed E-state index contributed by atoms with van der Waals surface area (Å²) in [5.74, 6) is 0.0178. The fourth-order valence-electron chi connectivity index (χ4n) is 6.39. The van der Waals surface area contributed by atoms with E-state index in [0.717, 1.165) is 31.6 Å². The first kappa shape index (κ1) is 45.1. The predicted molar refractivity (Wildman–Crippen MR) is 248 cm³/mol. The van der Waals surface area contributed by atoms with E-state index in [9.17, 15) is 23.5 Å². The third-order valence-electron chi connectivity index (χ3n) is 9.59. The van der Waals surface area contributed by atoms with Gasteiger partial charge >= 0.3 is 0 Å². The van der Waals surface area contributed by atoms with Crippen LogP contribution in [0, 0.1) is 11.6 Å². The first-order chi connectivity index (χ1) is 30.7. The molecule has 2 aromatic heterocycles. The number of rotatable bonds is 14. The lowest BCUT2D eigenvalue weighted by atomic mass is 10.1. The number of phenolic OH excluding ortho intramolecular Hbond substituents is 1. The normalized spacial score (nSPS) is 10.4. The Balaban J connectivity index is 0.000000178. The summed E-state index contributed by atoms with van der Waals surface area (Å²) in [6, 6.07) is 49.5. The number of nitrogens with zero attached hydrogens (tertiary/aromatic N) is 2. The van der Waals surface area contributed by atoms with Crippen molar-refractivity contribution >= 4 is 34.8 Å². The first-order valence-corrected chi connectivity index (χ1v) is 20.9. The number of aromatic nitrogens is 2. The van der Waals surface area contributed by atoms with Gasteiger partial charge in [-0.1, -0.05) is 60.7 Å². The van der Waals surface area contributed by atoms with E-state index in [-0.39, 0.29) is 17.6 Å². The second-order valence-corrected chi connectivity index (χ2v) is 14.6. The minimum absolute atomic E-state index is 0.0790. The molecule has 0 fully saturated rings. The molecular formula is C52H47ClF2N4O4. The number of alkyl halides is 1. The minimum Gasteiger partial charge on any atom is -0.508 e. The van der Waals surface area contributed by atoms with Crippen LogP contribution in [0.25, 0.3) is 11.4 Å². The highest BCUT2D eigenvalue weighted by Gasteiger charge is 2.13. The molecule has 0 aliphatic carbocycles. The molecule has 320 valence electrons.